The van der Waals surface area contributed by atoms with Gasteiger partial charge < -0.3 is 29.5 Å². The second-order valence-corrected chi connectivity index (χ2v) is 2.46. The number of hydrogen-bond acceptors (Lipinski definition) is 2. The van der Waals surface area contributed by atoms with E-state index in [-0.39, 0.29) is 35.2 Å². The van der Waals surface area contributed by atoms with Gasteiger partial charge in [-0.05, 0) is 18.6 Å². The maximum absolute atomic E-state index is 10.5. The fraction of sp³-hybridized carbons (Fsp3) is 0.111. The number of hydrogen-bond donors (Lipinski definition) is 1. The fourth-order valence-electron chi connectivity index (χ4n) is 0.755. The molecule has 0 bridgehead atoms. The summed E-state index contributed by atoms with van der Waals surface area (Å²) in [5.74, 6) is 0.00993. The van der Waals surface area contributed by atoms with Crippen LogP contribution in [0.5, 0.6) is 0 Å². The molecule has 0 radical (unpaired) electrons. The van der Waals surface area contributed by atoms with Crippen LogP contribution in [0.2, 0.25) is 0 Å². The number of carbonyl (C=O) groups excluding carboxylic acids is 1. The molecule has 1 aromatic rings. The Hall–Kier alpha value is -0.950. The van der Waals surface area contributed by atoms with Crippen LogP contribution >= 0.6 is 0 Å². The predicted molar refractivity (Wildman–Crippen MR) is 47.2 cm³/mol. The minimum atomic E-state index is 0. The standard InChI is InChI=1S/C9H10NO2.HI.H2O/c1-8(11)2-3-9-4-6-10(12)7-5-9;;/h2-7,12H,1H3;1H;1H2/q+1;;/p-1/b3-2+;;. The molecule has 0 saturated heterocycles. The lowest BCUT2D eigenvalue weighted by Crippen LogP contribution is -3.00. The zero-order valence-electron chi connectivity index (χ0n) is 7.64. The van der Waals surface area contributed by atoms with Crippen LogP contribution in [0, 0.1) is 0 Å². The van der Waals surface area contributed by atoms with Gasteiger partial charge in [0, 0.05) is 16.9 Å². The Morgan fingerprint density at radius 3 is 2.36 bits per heavy atom. The third-order valence-corrected chi connectivity index (χ3v) is 1.35. The molecule has 0 spiro atoms. The van der Waals surface area contributed by atoms with Gasteiger partial charge in [0.1, 0.15) is 0 Å². The highest BCUT2D eigenvalue weighted by atomic mass is 127. The molecule has 0 fully saturated rings. The van der Waals surface area contributed by atoms with E-state index in [0.717, 1.165) is 10.3 Å². The number of rotatable bonds is 2. The van der Waals surface area contributed by atoms with Crippen molar-refractivity contribution >= 4 is 11.9 Å². The summed E-state index contributed by atoms with van der Waals surface area (Å²) in [6.07, 6.45) is 6.18. The number of ketones is 1. The zero-order chi connectivity index (χ0) is 8.97. The van der Waals surface area contributed by atoms with E-state index in [4.69, 9.17) is 5.21 Å². The highest BCUT2D eigenvalue weighted by Crippen LogP contribution is 1.97. The van der Waals surface area contributed by atoms with Crippen molar-refractivity contribution < 1.29 is 44.2 Å². The third-order valence-electron chi connectivity index (χ3n) is 1.35. The van der Waals surface area contributed by atoms with E-state index < -0.39 is 0 Å². The van der Waals surface area contributed by atoms with Gasteiger partial charge in [-0.3, -0.25) is 10.0 Å². The van der Waals surface area contributed by atoms with Crippen molar-refractivity contribution in [2.45, 2.75) is 6.92 Å². The largest absolute Gasteiger partial charge is 1.00 e. The first-order chi connectivity index (χ1) is 5.68. The van der Waals surface area contributed by atoms with Crippen LogP contribution in [0.3, 0.4) is 0 Å². The van der Waals surface area contributed by atoms with Gasteiger partial charge in [-0.15, -0.1) is 0 Å². The highest BCUT2D eigenvalue weighted by Gasteiger charge is 1.93. The summed E-state index contributed by atoms with van der Waals surface area (Å²) < 4.78 is 0.950. The van der Waals surface area contributed by atoms with Crippen LogP contribution in [0.4, 0.5) is 0 Å². The Balaban J connectivity index is 0. The number of carbonyl (C=O) groups is 1. The quantitative estimate of drug-likeness (QED) is 0.274. The molecule has 0 unspecified atom stereocenters. The van der Waals surface area contributed by atoms with E-state index in [2.05, 4.69) is 0 Å². The fourth-order valence-corrected chi connectivity index (χ4v) is 0.755. The van der Waals surface area contributed by atoms with Gasteiger partial charge in [0.2, 0.25) is 12.4 Å². The van der Waals surface area contributed by atoms with Gasteiger partial charge in [-0.1, -0.05) is 6.08 Å². The number of allylic oxidation sites excluding steroid dienone is 1. The number of pyridine rings is 1. The second kappa shape index (κ2) is 7.45. The number of nitrogens with zero attached hydrogens (tertiary/aromatic N) is 1. The van der Waals surface area contributed by atoms with Crippen LogP contribution in [0.25, 0.3) is 6.08 Å². The normalized spacial score (nSPS) is 8.93. The van der Waals surface area contributed by atoms with Gasteiger partial charge in [0.25, 0.3) is 0 Å². The lowest BCUT2D eigenvalue weighted by Gasteiger charge is -1.87. The molecular formula is C9H12INO3. The van der Waals surface area contributed by atoms with Gasteiger partial charge >= 0.3 is 0 Å². The summed E-state index contributed by atoms with van der Waals surface area (Å²) in [5, 5.41) is 8.86. The molecule has 0 amide bonds. The average Bonchev–Trinajstić information content (AvgIpc) is 2.03. The minimum Gasteiger partial charge on any atom is -1.00 e. The van der Waals surface area contributed by atoms with Crippen molar-refractivity contribution in [1.29, 1.82) is 0 Å². The Morgan fingerprint density at radius 1 is 1.43 bits per heavy atom. The van der Waals surface area contributed by atoms with Crippen molar-refractivity contribution in [2.24, 2.45) is 0 Å². The summed E-state index contributed by atoms with van der Waals surface area (Å²) in [5.41, 5.74) is 0.885. The molecule has 0 atom stereocenters. The summed E-state index contributed by atoms with van der Waals surface area (Å²) in [4.78, 5) is 10.5. The van der Waals surface area contributed by atoms with Gasteiger partial charge in [-0.25, -0.2) is 0 Å². The minimum absolute atomic E-state index is 0. The van der Waals surface area contributed by atoms with Crippen molar-refractivity contribution in [3.05, 3.63) is 36.2 Å². The SMILES string of the molecule is CC(=O)/C=C/c1cc[n+](O)cc1.O.[I-]. The van der Waals surface area contributed by atoms with Gasteiger partial charge in [0.15, 0.2) is 5.78 Å². The molecule has 0 aliphatic heterocycles. The van der Waals surface area contributed by atoms with E-state index in [1.54, 1.807) is 18.2 Å². The molecule has 1 heterocycles. The summed E-state index contributed by atoms with van der Waals surface area (Å²) in [7, 11) is 0. The van der Waals surface area contributed by atoms with Crippen molar-refractivity contribution in [1.82, 2.24) is 0 Å². The summed E-state index contributed by atoms with van der Waals surface area (Å²) in [6.45, 7) is 1.49. The van der Waals surface area contributed by atoms with Crippen molar-refractivity contribution in [3.63, 3.8) is 0 Å². The summed E-state index contributed by atoms with van der Waals surface area (Å²) >= 11 is 0. The lowest BCUT2D eigenvalue weighted by molar-refractivity contribution is -0.904. The summed E-state index contributed by atoms with van der Waals surface area (Å²) in [6, 6.07) is 3.42. The van der Waals surface area contributed by atoms with Gasteiger partial charge in [0.05, 0.1) is 0 Å². The molecule has 3 N–H and O–H groups in total. The van der Waals surface area contributed by atoms with Gasteiger partial charge in [-0.2, -0.15) is 0 Å². The molecule has 0 saturated carbocycles. The Morgan fingerprint density at radius 2 is 1.93 bits per heavy atom. The van der Waals surface area contributed by atoms with Crippen LogP contribution in [-0.4, -0.2) is 16.5 Å². The molecule has 1 rings (SSSR count). The lowest BCUT2D eigenvalue weighted by atomic mass is 10.2. The average molecular weight is 309 g/mol. The van der Waals surface area contributed by atoms with Crippen LogP contribution in [0.15, 0.2) is 30.6 Å². The number of aromatic nitrogens is 1. The first-order valence-electron chi connectivity index (χ1n) is 3.58. The molecule has 4 nitrogen and oxygen atoms in total. The Labute approximate surface area is 99.2 Å². The number of halogens is 1. The predicted octanol–water partition coefficient (Wildman–Crippen LogP) is -3.01. The molecular weight excluding hydrogens is 297 g/mol. The van der Waals surface area contributed by atoms with Crippen LogP contribution in [-0.2, 0) is 4.79 Å². The van der Waals surface area contributed by atoms with Crippen molar-refractivity contribution in [2.75, 3.05) is 0 Å². The van der Waals surface area contributed by atoms with E-state index in [1.807, 2.05) is 0 Å². The molecule has 1 aromatic heterocycles. The molecule has 0 aliphatic rings. The Kier molecular flexibility index (Phi) is 8.26. The highest BCUT2D eigenvalue weighted by molar-refractivity contribution is 5.91. The van der Waals surface area contributed by atoms with E-state index in [9.17, 15) is 4.79 Å². The monoisotopic (exact) mass is 309 g/mol. The maximum atomic E-state index is 10.5. The van der Waals surface area contributed by atoms with E-state index in [0.29, 0.717) is 0 Å². The van der Waals surface area contributed by atoms with Crippen LogP contribution < -0.4 is 28.7 Å². The first kappa shape index (κ1) is 15.5. The molecule has 14 heavy (non-hydrogen) atoms. The third kappa shape index (κ3) is 5.65. The van der Waals surface area contributed by atoms with E-state index >= 15 is 0 Å². The molecule has 5 heteroatoms. The smallest absolute Gasteiger partial charge is 0.222 e. The second-order valence-electron chi connectivity index (χ2n) is 2.46. The van der Waals surface area contributed by atoms with Crippen LogP contribution in [0.1, 0.15) is 12.5 Å². The topological polar surface area (TPSA) is 72.7 Å². The molecule has 78 valence electrons. The first-order valence-corrected chi connectivity index (χ1v) is 3.58. The van der Waals surface area contributed by atoms with E-state index in [1.165, 1.54) is 25.4 Å². The van der Waals surface area contributed by atoms with Crippen molar-refractivity contribution in [3.8, 4) is 0 Å². The maximum Gasteiger partial charge on any atom is 0.222 e. The Bertz CT molecular complexity index is 308. The zero-order valence-corrected chi connectivity index (χ0v) is 9.80. The molecule has 0 aliphatic carbocycles. The molecule has 0 aromatic carbocycles.